The minimum Gasteiger partial charge on any atom is -0.374 e. The van der Waals surface area contributed by atoms with Gasteiger partial charge in [-0.15, -0.1) is 0 Å². The lowest BCUT2D eigenvalue weighted by molar-refractivity contribution is 0.0493. The van der Waals surface area contributed by atoms with Crippen molar-refractivity contribution in [3.05, 3.63) is 0 Å². The molecular weight excluding hydrogens is 1070 g/mol. The molecule has 0 amide bonds. The summed E-state index contributed by atoms with van der Waals surface area (Å²) in [5.74, 6) is 9.13. The van der Waals surface area contributed by atoms with Gasteiger partial charge in [0.05, 0.1) is 0 Å². The Balaban J connectivity index is 4.42. The standard InChI is InChI=1S/C44H98O11S8Si4/c1-11-45-64(46-12-2,47-13-3)41-29-37-60-56-33-25-21-23-27-35-58-62-39-31-43-66(51-17-7,52-18-8)55-67(53-19-9,54-20-10)44-32-40-63-59-36-28-24-22-26-34-57-61-38-30-42-65(48-14-4,49-15-5)50-16-6/h11-44H2,1-10H3. The van der Waals surface area contributed by atoms with Crippen LogP contribution in [0.5, 0.6) is 0 Å². The average molecular weight is 1170 g/mol. The molecule has 0 unspecified atom stereocenters. The second kappa shape index (κ2) is 50.1. The number of hydrogen-bond donors (Lipinski definition) is 0. The molecule has 0 aromatic carbocycles. The van der Waals surface area contributed by atoms with E-state index in [1.165, 1.54) is 74.4 Å². The molecule has 67 heavy (non-hydrogen) atoms. The first-order valence-corrected chi connectivity index (χ1v) is 43.5. The molecule has 0 aliphatic rings. The Bertz CT molecular complexity index is 931. The summed E-state index contributed by atoms with van der Waals surface area (Å²) in [7, 11) is 4.86. The second-order valence-electron chi connectivity index (χ2n) is 15.0. The summed E-state index contributed by atoms with van der Waals surface area (Å²) in [4.78, 5) is 0. The maximum atomic E-state index is 7.03. The fourth-order valence-electron chi connectivity index (χ4n) is 6.92. The highest BCUT2D eigenvalue weighted by Crippen LogP contribution is 2.33. The first-order chi connectivity index (χ1) is 32.7. The molecule has 0 spiro atoms. The molecule has 0 radical (unpaired) electrons. The van der Waals surface area contributed by atoms with Gasteiger partial charge < -0.3 is 48.4 Å². The molecule has 0 bridgehead atoms. The zero-order valence-corrected chi connectivity index (χ0v) is 54.3. The van der Waals surface area contributed by atoms with Gasteiger partial charge in [0.25, 0.3) is 0 Å². The summed E-state index contributed by atoms with van der Waals surface area (Å²) >= 11 is 0. The van der Waals surface area contributed by atoms with E-state index in [2.05, 4.69) is 0 Å². The lowest BCUT2D eigenvalue weighted by Crippen LogP contribution is -2.59. The Hall–Kier alpha value is 3.23. The quantitative estimate of drug-likeness (QED) is 0.0328. The fraction of sp³-hybridized carbons (Fsp3) is 1.00. The van der Waals surface area contributed by atoms with Crippen molar-refractivity contribution in [3.8, 4) is 0 Å². The Morgan fingerprint density at radius 2 is 0.373 bits per heavy atom. The SMILES string of the molecule is CCO[Si](CCCSSCCCCCCSSCCC[Si](OCC)(OCC)O[Si](CCCSSCCCCCCSSCCC[Si](OCC)(OCC)OCC)(OCC)OCC)(OCC)OCC. The Morgan fingerprint density at radius 3 is 0.567 bits per heavy atom. The van der Waals surface area contributed by atoms with Crippen LogP contribution in [0.2, 0.25) is 24.2 Å². The maximum Gasteiger partial charge on any atom is 0.500 e. The third kappa shape index (κ3) is 37.6. The van der Waals surface area contributed by atoms with Crippen LogP contribution in [0.3, 0.4) is 0 Å². The molecule has 0 fully saturated rings. The summed E-state index contributed by atoms with van der Waals surface area (Å²) in [6.45, 7) is 26.4. The lowest BCUT2D eigenvalue weighted by Gasteiger charge is -2.38. The molecule has 0 aliphatic carbocycles. The van der Waals surface area contributed by atoms with E-state index in [-0.39, 0.29) is 0 Å². The first kappa shape index (κ1) is 70.2. The van der Waals surface area contributed by atoms with Gasteiger partial charge in [-0.25, -0.2) is 0 Å². The van der Waals surface area contributed by atoms with Crippen molar-refractivity contribution in [1.29, 1.82) is 0 Å². The minimum atomic E-state index is -3.01. The van der Waals surface area contributed by atoms with Crippen LogP contribution in [-0.4, -0.2) is 147 Å². The van der Waals surface area contributed by atoms with Gasteiger partial charge in [0.2, 0.25) is 0 Å². The average Bonchev–Trinajstić information content (AvgIpc) is 3.29. The van der Waals surface area contributed by atoms with Gasteiger partial charge in [-0.2, -0.15) is 0 Å². The van der Waals surface area contributed by atoms with Gasteiger partial charge in [0, 0.05) is 136 Å². The number of rotatable bonds is 56. The summed E-state index contributed by atoms with van der Waals surface area (Å²) in [5, 5.41) is 0. The lowest BCUT2D eigenvalue weighted by atomic mass is 10.2. The van der Waals surface area contributed by atoms with E-state index in [1.54, 1.807) is 0 Å². The van der Waals surface area contributed by atoms with Crippen LogP contribution in [0, 0.1) is 0 Å². The highest BCUT2D eigenvalue weighted by atomic mass is 33.1. The third-order valence-corrected chi connectivity index (χ3v) is 33.5. The fourth-order valence-corrected chi connectivity index (χ4v) is 29.5. The van der Waals surface area contributed by atoms with E-state index in [4.69, 9.17) is 48.4 Å². The molecule has 11 nitrogen and oxygen atoms in total. The largest absolute Gasteiger partial charge is 0.500 e. The number of unbranched alkanes of at least 4 members (excludes halogenated alkanes) is 6. The summed E-state index contributed by atoms with van der Waals surface area (Å²) < 4.78 is 68.8. The molecule has 0 atom stereocenters. The first-order valence-electron chi connectivity index (χ1n) is 25.8. The molecule has 23 heteroatoms. The van der Waals surface area contributed by atoms with E-state index in [0.717, 1.165) is 72.9 Å². The predicted molar refractivity (Wildman–Crippen MR) is 315 cm³/mol. The molecule has 0 aromatic rings. The van der Waals surface area contributed by atoms with Gasteiger partial charge in [-0.3, -0.25) is 0 Å². The van der Waals surface area contributed by atoms with Crippen LogP contribution < -0.4 is 0 Å². The Labute approximate surface area is 448 Å². The van der Waals surface area contributed by atoms with Gasteiger partial charge >= 0.3 is 35.2 Å². The molecule has 0 aliphatic heterocycles. The van der Waals surface area contributed by atoms with E-state index < -0.39 is 35.2 Å². The maximum absolute atomic E-state index is 7.03. The van der Waals surface area contributed by atoms with Gasteiger partial charge in [0.15, 0.2) is 0 Å². The van der Waals surface area contributed by atoms with Crippen molar-refractivity contribution >= 4 is 122 Å². The molecule has 0 rings (SSSR count). The van der Waals surface area contributed by atoms with Crippen LogP contribution in [-0.2, 0) is 48.4 Å². The Morgan fingerprint density at radius 1 is 0.209 bits per heavy atom. The van der Waals surface area contributed by atoms with E-state index in [1.807, 2.05) is 156 Å². The zero-order valence-electron chi connectivity index (χ0n) is 43.8. The molecule has 0 heterocycles. The van der Waals surface area contributed by atoms with Crippen LogP contribution in [0.25, 0.3) is 0 Å². The summed E-state index contributed by atoms with van der Waals surface area (Å²) in [6.07, 6.45) is 14.4. The van der Waals surface area contributed by atoms with Crippen molar-refractivity contribution in [3.63, 3.8) is 0 Å². The van der Waals surface area contributed by atoms with Crippen LogP contribution in [0.1, 0.15) is 146 Å². The van der Waals surface area contributed by atoms with Crippen LogP contribution in [0.4, 0.5) is 0 Å². The van der Waals surface area contributed by atoms with Gasteiger partial charge in [-0.1, -0.05) is 112 Å². The molecule has 0 saturated carbocycles. The minimum absolute atomic E-state index is 0.555. The van der Waals surface area contributed by atoms with Crippen molar-refractivity contribution in [2.75, 3.05) is 112 Å². The summed E-state index contributed by atoms with van der Waals surface area (Å²) in [5.41, 5.74) is 0. The van der Waals surface area contributed by atoms with E-state index in [9.17, 15) is 0 Å². The van der Waals surface area contributed by atoms with E-state index in [0.29, 0.717) is 66.1 Å². The normalized spacial score (nSPS) is 12.8. The molecule has 0 N–H and O–H groups in total. The van der Waals surface area contributed by atoms with Gasteiger partial charge in [-0.05, 0) is 121 Å². The molecule has 404 valence electrons. The molecular formula is C44H98O11S8Si4. The second-order valence-corrected chi connectivity index (χ2v) is 37.0. The third-order valence-electron chi connectivity index (χ3n) is 9.54. The van der Waals surface area contributed by atoms with Crippen molar-refractivity contribution in [1.82, 2.24) is 0 Å². The Kier molecular flexibility index (Phi) is 52.5. The smallest absolute Gasteiger partial charge is 0.374 e. The highest BCUT2D eigenvalue weighted by molar-refractivity contribution is 8.77. The van der Waals surface area contributed by atoms with Crippen LogP contribution in [0.15, 0.2) is 0 Å². The van der Waals surface area contributed by atoms with Crippen LogP contribution >= 0.6 is 86.4 Å². The van der Waals surface area contributed by atoms with Crippen molar-refractivity contribution in [2.45, 2.75) is 170 Å². The summed E-state index contributed by atoms with van der Waals surface area (Å²) in [6, 6.07) is 3.37. The molecule has 0 aromatic heterocycles. The van der Waals surface area contributed by atoms with Crippen molar-refractivity contribution in [2.24, 2.45) is 0 Å². The predicted octanol–water partition coefficient (Wildman–Crippen LogP) is 15.3. The molecule has 0 saturated heterocycles. The van der Waals surface area contributed by atoms with Gasteiger partial charge in [0.1, 0.15) is 0 Å². The van der Waals surface area contributed by atoms with E-state index >= 15 is 0 Å². The monoisotopic (exact) mass is 1170 g/mol. The topological polar surface area (TPSA) is 102 Å². The highest BCUT2D eigenvalue weighted by Gasteiger charge is 2.53. The van der Waals surface area contributed by atoms with Crippen molar-refractivity contribution < 1.29 is 48.4 Å². The zero-order chi connectivity index (χ0) is 49.5. The number of hydrogen-bond acceptors (Lipinski definition) is 19.